The van der Waals surface area contributed by atoms with Crippen LogP contribution in [0.1, 0.15) is 17.9 Å². The zero-order valence-electron chi connectivity index (χ0n) is 10.2. The smallest absolute Gasteiger partial charge is 0.223 e. The number of hydrogen-bond donors (Lipinski definition) is 2. The molecule has 0 spiro atoms. The fourth-order valence-corrected chi connectivity index (χ4v) is 2.41. The van der Waals surface area contributed by atoms with E-state index in [2.05, 4.69) is 10.6 Å². The lowest BCUT2D eigenvalue weighted by molar-refractivity contribution is -0.122. The summed E-state index contributed by atoms with van der Waals surface area (Å²) < 4.78 is 13.7. The summed E-state index contributed by atoms with van der Waals surface area (Å²) in [7, 11) is 1.82. The molecule has 0 radical (unpaired) electrons. The Kier molecular flexibility index (Phi) is 4.19. The third kappa shape index (κ3) is 2.82. The molecule has 1 saturated carbocycles. The average Bonchev–Trinajstić information content (AvgIpc) is 3.09. The predicted molar refractivity (Wildman–Crippen MR) is 69.2 cm³/mol. The van der Waals surface area contributed by atoms with Crippen LogP contribution in [0.2, 0.25) is 5.02 Å². The van der Waals surface area contributed by atoms with Crippen molar-refractivity contribution >= 4 is 17.5 Å². The summed E-state index contributed by atoms with van der Waals surface area (Å²) in [4.78, 5) is 11.8. The van der Waals surface area contributed by atoms with Crippen LogP contribution in [-0.2, 0) is 4.79 Å². The summed E-state index contributed by atoms with van der Waals surface area (Å²) in [6.45, 7) is 1.31. The first kappa shape index (κ1) is 13.3. The molecule has 5 heteroatoms. The molecule has 3 nitrogen and oxygen atoms in total. The van der Waals surface area contributed by atoms with Gasteiger partial charge in [-0.1, -0.05) is 17.7 Å². The number of nitrogens with one attached hydrogen (secondary N) is 2. The molecule has 1 aromatic carbocycles. The molecule has 1 fully saturated rings. The van der Waals surface area contributed by atoms with Crippen LogP contribution in [0.5, 0.6) is 0 Å². The summed E-state index contributed by atoms with van der Waals surface area (Å²) in [6, 6.07) is 4.62. The van der Waals surface area contributed by atoms with Gasteiger partial charge in [0.15, 0.2) is 0 Å². The summed E-state index contributed by atoms with van der Waals surface area (Å²) in [6.07, 6.45) is 0.673. The van der Waals surface area contributed by atoms with Crippen LogP contribution < -0.4 is 10.6 Å². The monoisotopic (exact) mass is 270 g/mol. The zero-order valence-corrected chi connectivity index (χ0v) is 10.9. The van der Waals surface area contributed by atoms with Crippen molar-refractivity contribution in [3.05, 3.63) is 34.6 Å². The first-order chi connectivity index (χ1) is 8.65. The molecule has 2 atom stereocenters. The Labute approximate surface area is 111 Å². The van der Waals surface area contributed by atoms with Crippen LogP contribution in [0.3, 0.4) is 0 Å². The van der Waals surface area contributed by atoms with E-state index in [1.807, 2.05) is 7.05 Å². The largest absolute Gasteiger partial charge is 0.355 e. The van der Waals surface area contributed by atoms with Crippen LogP contribution in [0.4, 0.5) is 4.39 Å². The second kappa shape index (κ2) is 5.67. The van der Waals surface area contributed by atoms with E-state index in [4.69, 9.17) is 11.6 Å². The predicted octanol–water partition coefficient (Wildman–Crippen LogP) is 1.92. The van der Waals surface area contributed by atoms with Gasteiger partial charge in [0.1, 0.15) is 5.82 Å². The van der Waals surface area contributed by atoms with Crippen molar-refractivity contribution in [2.75, 3.05) is 20.1 Å². The van der Waals surface area contributed by atoms with Crippen LogP contribution in [0, 0.1) is 11.7 Å². The van der Waals surface area contributed by atoms with Gasteiger partial charge in [0, 0.05) is 35.5 Å². The van der Waals surface area contributed by atoms with Gasteiger partial charge in [0.2, 0.25) is 5.91 Å². The summed E-state index contributed by atoms with van der Waals surface area (Å²) in [5.74, 6) is -0.558. The van der Waals surface area contributed by atoms with Gasteiger partial charge in [-0.15, -0.1) is 0 Å². The lowest BCUT2D eigenvalue weighted by atomic mass is 10.1. The Morgan fingerprint density at radius 2 is 2.28 bits per heavy atom. The molecule has 0 bridgehead atoms. The Morgan fingerprint density at radius 3 is 2.94 bits per heavy atom. The van der Waals surface area contributed by atoms with Crippen molar-refractivity contribution in [3.8, 4) is 0 Å². The SMILES string of the molecule is CNCCNC(=O)C1CC1c1c(F)cccc1Cl. The molecule has 0 aromatic heterocycles. The highest BCUT2D eigenvalue weighted by atomic mass is 35.5. The van der Waals surface area contributed by atoms with E-state index < -0.39 is 0 Å². The highest BCUT2D eigenvalue weighted by Crippen LogP contribution is 2.50. The van der Waals surface area contributed by atoms with Gasteiger partial charge in [-0.3, -0.25) is 4.79 Å². The van der Waals surface area contributed by atoms with Gasteiger partial charge in [-0.25, -0.2) is 4.39 Å². The average molecular weight is 271 g/mol. The van der Waals surface area contributed by atoms with Crippen molar-refractivity contribution in [1.29, 1.82) is 0 Å². The van der Waals surface area contributed by atoms with Crippen molar-refractivity contribution in [1.82, 2.24) is 10.6 Å². The van der Waals surface area contributed by atoms with E-state index >= 15 is 0 Å². The maximum atomic E-state index is 13.7. The molecule has 1 aliphatic carbocycles. The van der Waals surface area contributed by atoms with Gasteiger partial charge < -0.3 is 10.6 Å². The van der Waals surface area contributed by atoms with Gasteiger partial charge in [-0.05, 0) is 25.6 Å². The van der Waals surface area contributed by atoms with E-state index in [-0.39, 0.29) is 23.6 Å². The first-order valence-electron chi connectivity index (χ1n) is 6.01. The number of halogens is 2. The Morgan fingerprint density at radius 1 is 1.50 bits per heavy atom. The fraction of sp³-hybridized carbons (Fsp3) is 0.462. The minimum Gasteiger partial charge on any atom is -0.355 e. The molecular formula is C13H16ClFN2O. The summed E-state index contributed by atoms with van der Waals surface area (Å²) >= 11 is 5.98. The van der Waals surface area contributed by atoms with Crippen molar-refractivity contribution in [2.24, 2.45) is 5.92 Å². The van der Waals surface area contributed by atoms with Crippen LogP contribution in [0.25, 0.3) is 0 Å². The summed E-state index contributed by atoms with van der Waals surface area (Å²) in [5.41, 5.74) is 0.480. The second-order valence-electron chi connectivity index (χ2n) is 4.48. The van der Waals surface area contributed by atoms with Gasteiger partial charge in [0.25, 0.3) is 0 Å². The van der Waals surface area contributed by atoms with E-state index in [0.717, 1.165) is 6.54 Å². The number of amides is 1. The molecule has 1 amide bonds. The highest BCUT2D eigenvalue weighted by molar-refractivity contribution is 6.31. The Bertz CT molecular complexity index is 432. The van der Waals surface area contributed by atoms with Gasteiger partial charge in [-0.2, -0.15) is 0 Å². The normalized spacial score (nSPS) is 21.7. The van der Waals surface area contributed by atoms with E-state index in [1.54, 1.807) is 12.1 Å². The molecule has 2 rings (SSSR count). The van der Waals surface area contributed by atoms with Crippen molar-refractivity contribution < 1.29 is 9.18 Å². The number of hydrogen-bond acceptors (Lipinski definition) is 2. The summed E-state index contributed by atoms with van der Waals surface area (Å²) in [5, 5.41) is 6.17. The first-order valence-corrected chi connectivity index (χ1v) is 6.39. The topological polar surface area (TPSA) is 41.1 Å². The lowest BCUT2D eigenvalue weighted by Gasteiger charge is -2.06. The third-order valence-corrected chi connectivity index (χ3v) is 3.50. The van der Waals surface area contributed by atoms with Crippen molar-refractivity contribution in [2.45, 2.75) is 12.3 Å². The van der Waals surface area contributed by atoms with Crippen LogP contribution in [0.15, 0.2) is 18.2 Å². The van der Waals surface area contributed by atoms with Crippen molar-refractivity contribution in [3.63, 3.8) is 0 Å². The van der Waals surface area contributed by atoms with Gasteiger partial charge >= 0.3 is 0 Å². The lowest BCUT2D eigenvalue weighted by Crippen LogP contribution is -2.31. The minimum atomic E-state index is -0.321. The van der Waals surface area contributed by atoms with E-state index in [0.29, 0.717) is 23.6 Å². The molecule has 98 valence electrons. The van der Waals surface area contributed by atoms with E-state index in [1.165, 1.54) is 6.07 Å². The molecule has 2 N–H and O–H groups in total. The molecule has 0 aliphatic heterocycles. The minimum absolute atomic E-state index is 0.0189. The quantitative estimate of drug-likeness (QED) is 0.803. The van der Waals surface area contributed by atoms with Gasteiger partial charge in [0.05, 0.1) is 0 Å². The maximum Gasteiger partial charge on any atom is 0.223 e. The molecule has 0 saturated heterocycles. The number of benzene rings is 1. The Balaban J connectivity index is 1.96. The standard InChI is InChI=1S/C13H16ClFN2O/c1-16-5-6-17-13(18)9-7-8(9)12-10(14)3-2-4-11(12)15/h2-4,8-9,16H,5-7H2,1H3,(H,17,18). The van der Waals surface area contributed by atoms with Crippen LogP contribution in [-0.4, -0.2) is 26.0 Å². The third-order valence-electron chi connectivity index (χ3n) is 3.17. The molecule has 18 heavy (non-hydrogen) atoms. The molecule has 0 heterocycles. The van der Waals surface area contributed by atoms with Crippen LogP contribution >= 0.6 is 11.6 Å². The second-order valence-corrected chi connectivity index (χ2v) is 4.89. The molecule has 1 aromatic rings. The molecular weight excluding hydrogens is 255 g/mol. The maximum absolute atomic E-state index is 13.7. The number of carbonyl (C=O) groups excluding carboxylic acids is 1. The van der Waals surface area contributed by atoms with E-state index in [9.17, 15) is 9.18 Å². The molecule has 1 aliphatic rings. The number of carbonyl (C=O) groups is 1. The molecule has 2 unspecified atom stereocenters. The fourth-order valence-electron chi connectivity index (χ4n) is 2.11. The Hall–Kier alpha value is -1.13. The highest BCUT2D eigenvalue weighted by Gasteiger charge is 2.45. The zero-order chi connectivity index (χ0) is 13.1. The number of rotatable bonds is 5. The number of likely N-dealkylation sites (N-methyl/N-ethyl adjacent to an activating group) is 1.